The van der Waals surface area contributed by atoms with Gasteiger partial charge in [-0.3, -0.25) is 9.59 Å². The lowest BCUT2D eigenvalue weighted by molar-refractivity contribution is -0.123. The van der Waals surface area contributed by atoms with E-state index in [1.54, 1.807) is 0 Å². The molecule has 1 saturated heterocycles. The standard InChI is InChI=1S/C11H10ClFN2O2/c12-8-4-7(1-2-9(8)13)15-5-6(11(14)17)3-10(15)16/h1-2,4,6H,3,5H2,(H2,14,17). The molecule has 1 aliphatic rings. The highest BCUT2D eigenvalue weighted by atomic mass is 35.5. The van der Waals surface area contributed by atoms with E-state index in [4.69, 9.17) is 17.3 Å². The molecule has 1 unspecified atom stereocenters. The van der Waals surface area contributed by atoms with Crippen LogP contribution < -0.4 is 10.6 Å². The quantitative estimate of drug-likeness (QED) is 0.867. The minimum Gasteiger partial charge on any atom is -0.369 e. The number of benzene rings is 1. The zero-order chi connectivity index (χ0) is 12.6. The normalized spacial score (nSPS) is 19.8. The lowest BCUT2D eigenvalue weighted by atomic mass is 10.1. The highest BCUT2D eigenvalue weighted by Crippen LogP contribution is 2.28. The van der Waals surface area contributed by atoms with Crippen molar-refractivity contribution < 1.29 is 14.0 Å². The van der Waals surface area contributed by atoms with Gasteiger partial charge in [0.1, 0.15) is 5.82 Å². The van der Waals surface area contributed by atoms with E-state index in [1.807, 2.05) is 0 Å². The number of hydrogen-bond acceptors (Lipinski definition) is 2. The van der Waals surface area contributed by atoms with Crippen LogP contribution in [0.2, 0.25) is 5.02 Å². The van der Waals surface area contributed by atoms with Crippen molar-refractivity contribution in [2.45, 2.75) is 6.42 Å². The fourth-order valence-electron chi connectivity index (χ4n) is 1.80. The van der Waals surface area contributed by atoms with Crippen molar-refractivity contribution in [3.05, 3.63) is 29.0 Å². The third-order valence-electron chi connectivity index (χ3n) is 2.74. The van der Waals surface area contributed by atoms with Gasteiger partial charge in [0.25, 0.3) is 0 Å². The number of anilines is 1. The Morgan fingerprint density at radius 1 is 1.53 bits per heavy atom. The first kappa shape index (κ1) is 11.9. The number of rotatable bonds is 2. The zero-order valence-corrected chi connectivity index (χ0v) is 9.58. The Morgan fingerprint density at radius 2 is 2.24 bits per heavy atom. The van der Waals surface area contributed by atoms with Gasteiger partial charge in [-0.05, 0) is 18.2 Å². The number of carbonyl (C=O) groups excluding carboxylic acids is 2. The molecule has 6 heteroatoms. The third kappa shape index (κ3) is 2.24. The van der Waals surface area contributed by atoms with Crippen LogP contribution in [-0.4, -0.2) is 18.4 Å². The Balaban J connectivity index is 2.26. The lowest BCUT2D eigenvalue weighted by Crippen LogP contribution is -2.28. The van der Waals surface area contributed by atoms with E-state index >= 15 is 0 Å². The average Bonchev–Trinajstić information content (AvgIpc) is 2.65. The number of hydrogen-bond donors (Lipinski definition) is 1. The van der Waals surface area contributed by atoms with Gasteiger partial charge in [-0.15, -0.1) is 0 Å². The molecule has 1 aromatic rings. The van der Waals surface area contributed by atoms with Crippen molar-refractivity contribution in [3.8, 4) is 0 Å². The van der Waals surface area contributed by atoms with Crippen LogP contribution in [0, 0.1) is 11.7 Å². The summed E-state index contributed by atoms with van der Waals surface area (Å²) in [6, 6.07) is 3.99. The summed E-state index contributed by atoms with van der Waals surface area (Å²) in [6.07, 6.45) is 0.0876. The van der Waals surface area contributed by atoms with Crippen LogP contribution in [0.25, 0.3) is 0 Å². The second-order valence-corrected chi connectivity index (χ2v) is 4.31. The van der Waals surface area contributed by atoms with Gasteiger partial charge in [0.2, 0.25) is 11.8 Å². The molecule has 2 N–H and O–H groups in total. The maximum absolute atomic E-state index is 13.0. The van der Waals surface area contributed by atoms with Crippen LogP contribution in [0.5, 0.6) is 0 Å². The molecule has 1 fully saturated rings. The summed E-state index contributed by atoms with van der Waals surface area (Å²) in [4.78, 5) is 24.1. The monoisotopic (exact) mass is 256 g/mol. The van der Waals surface area contributed by atoms with E-state index in [2.05, 4.69) is 0 Å². The minimum atomic E-state index is -0.548. The summed E-state index contributed by atoms with van der Waals surface area (Å²) >= 11 is 5.63. The van der Waals surface area contributed by atoms with Crippen molar-refractivity contribution in [2.75, 3.05) is 11.4 Å². The van der Waals surface area contributed by atoms with Gasteiger partial charge in [0.05, 0.1) is 10.9 Å². The van der Waals surface area contributed by atoms with E-state index < -0.39 is 17.6 Å². The maximum atomic E-state index is 13.0. The number of nitrogens with zero attached hydrogens (tertiary/aromatic N) is 1. The molecule has 2 amide bonds. The zero-order valence-electron chi connectivity index (χ0n) is 8.82. The Kier molecular flexibility index (Phi) is 3.02. The summed E-state index contributed by atoms with van der Waals surface area (Å²) in [6.45, 7) is 0.218. The van der Waals surface area contributed by atoms with Crippen LogP contribution in [0.15, 0.2) is 18.2 Å². The van der Waals surface area contributed by atoms with Crippen LogP contribution in [0.3, 0.4) is 0 Å². The Hall–Kier alpha value is -1.62. The maximum Gasteiger partial charge on any atom is 0.227 e. The molecule has 0 aromatic heterocycles. The number of nitrogens with two attached hydrogens (primary N) is 1. The lowest BCUT2D eigenvalue weighted by Gasteiger charge is -2.16. The average molecular weight is 257 g/mol. The summed E-state index contributed by atoms with van der Waals surface area (Å²) in [7, 11) is 0. The summed E-state index contributed by atoms with van der Waals surface area (Å²) in [5.74, 6) is -1.76. The molecule has 4 nitrogen and oxygen atoms in total. The first-order chi connectivity index (χ1) is 7.99. The number of primary amides is 1. The fraction of sp³-hybridized carbons (Fsp3) is 0.273. The summed E-state index contributed by atoms with van der Waals surface area (Å²) < 4.78 is 13.0. The van der Waals surface area contributed by atoms with Crippen LogP contribution in [0.4, 0.5) is 10.1 Å². The van der Waals surface area contributed by atoms with Gasteiger partial charge in [-0.25, -0.2) is 4.39 Å². The Labute approximate surface area is 102 Å². The molecule has 1 aromatic carbocycles. The SMILES string of the molecule is NC(=O)C1CC(=O)N(c2ccc(F)c(Cl)c2)C1. The smallest absolute Gasteiger partial charge is 0.227 e. The first-order valence-electron chi connectivity index (χ1n) is 5.04. The van der Waals surface area contributed by atoms with E-state index in [0.717, 1.165) is 0 Å². The highest BCUT2D eigenvalue weighted by Gasteiger charge is 2.34. The molecule has 1 atom stereocenters. The predicted octanol–water partition coefficient (Wildman–Crippen LogP) is 1.32. The van der Waals surface area contributed by atoms with Gasteiger partial charge in [0, 0.05) is 18.7 Å². The fourth-order valence-corrected chi connectivity index (χ4v) is 1.98. The van der Waals surface area contributed by atoms with Gasteiger partial charge in [0.15, 0.2) is 0 Å². The largest absolute Gasteiger partial charge is 0.369 e. The van der Waals surface area contributed by atoms with Crippen molar-refractivity contribution in [1.29, 1.82) is 0 Å². The van der Waals surface area contributed by atoms with Crippen molar-refractivity contribution in [3.63, 3.8) is 0 Å². The number of carbonyl (C=O) groups is 2. The molecule has 0 bridgehead atoms. The van der Waals surface area contributed by atoms with E-state index in [0.29, 0.717) is 5.69 Å². The van der Waals surface area contributed by atoms with Crippen molar-refractivity contribution in [2.24, 2.45) is 11.7 Å². The summed E-state index contributed by atoms with van der Waals surface area (Å²) in [5, 5.41) is -0.0576. The van der Waals surface area contributed by atoms with E-state index in [9.17, 15) is 14.0 Å². The van der Waals surface area contributed by atoms with Crippen LogP contribution in [0.1, 0.15) is 6.42 Å². The molecular formula is C11H10ClFN2O2. The second-order valence-electron chi connectivity index (χ2n) is 3.91. The molecule has 0 saturated carbocycles. The van der Waals surface area contributed by atoms with Gasteiger partial charge < -0.3 is 10.6 Å². The molecule has 1 heterocycles. The summed E-state index contributed by atoms with van der Waals surface area (Å²) in [5.41, 5.74) is 5.63. The highest BCUT2D eigenvalue weighted by molar-refractivity contribution is 6.31. The first-order valence-corrected chi connectivity index (χ1v) is 5.41. The molecule has 0 spiro atoms. The Morgan fingerprint density at radius 3 is 2.76 bits per heavy atom. The van der Waals surface area contributed by atoms with E-state index in [-0.39, 0.29) is 23.9 Å². The molecule has 0 radical (unpaired) electrons. The molecule has 1 aliphatic heterocycles. The number of halogens is 2. The third-order valence-corrected chi connectivity index (χ3v) is 3.03. The minimum absolute atomic E-state index is 0.0576. The van der Waals surface area contributed by atoms with Crippen LogP contribution in [-0.2, 0) is 9.59 Å². The molecule has 2 rings (SSSR count). The van der Waals surface area contributed by atoms with Gasteiger partial charge >= 0.3 is 0 Å². The molecular weight excluding hydrogens is 247 g/mol. The number of amides is 2. The predicted molar refractivity (Wildman–Crippen MR) is 61.1 cm³/mol. The van der Waals surface area contributed by atoms with Gasteiger partial charge in [-0.2, -0.15) is 0 Å². The van der Waals surface area contributed by atoms with Crippen molar-refractivity contribution >= 4 is 29.1 Å². The molecule has 17 heavy (non-hydrogen) atoms. The Bertz CT molecular complexity index is 492. The van der Waals surface area contributed by atoms with Crippen molar-refractivity contribution in [1.82, 2.24) is 0 Å². The second kappa shape index (κ2) is 4.33. The topological polar surface area (TPSA) is 63.4 Å². The molecule has 0 aliphatic carbocycles. The van der Waals surface area contributed by atoms with E-state index in [1.165, 1.54) is 23.1 Å². The molecule has 90 valence electrons. The van der Waals surface area contributed by atoms with Crippen LogP contribution >= 0.6 is 11.6 Å². The van der Waals surface area contributed by atoms with Gasteiger partial charge in [-0.1, -0.05) is 11.6 Å².